The van der Waals surface area contributed by atoms with Gasteiger partial charge in [-0.05, 0) is 23.8 Å². The quantitative estimate of drug-likeness (QED) is 0.555. The number of aromatic nitrogens is 4. The van der Waals surface area contributed by atoms with Crippen LogP contribution in [0.2, 0.25) is 0 Å². The van der Waals surface area contributed by atoms with Gasteiger partial charge >= 0.3 is 6.18 Å². The van der Waals surface area contributed by atoms with Crippen molar-refractivity contribution in [2.75, 3.05) is 11.9 Å². The first-order valence-electron chi connectivity index (χ1n) is 8.93. The number of benzene rings is 1. The molecule has 3 aromatic heterocycles. The van der Waals surface area contributed by atoms with Crippen molar-refractivity contribution in [1.29, 1.82) is 0 Å². The van der Waals surface area contributed by atoms with Crippen molar-refractivity contribution in [3.63, 3.8) is 0 Å². The predicted octanol–water partition coefficient (Wildman–Crippen LogP) is 3.48. The van der Waals surface area contributed by atoms with Crippen LogP contribution in [-0.2, 0) is 11.3 Å². The molecule has 1 aromatic carbocycles. The lowest BCUT2D eigenvalue weighted by Crippen LogP contribution is -2.28. The molecule has 7 nitrogen and oxygen atoms in total. The Bertz CT molecular complexity index is 1340. The van der Waals surface area contributed by atoms with Gasteiger partial charge in [-0.3, -0.25) is 24.2 Å². The van der Waals surface area contributed by atoms with E-state index >= 15 is 0 Å². The van der Waals surface area contributed by atoms with E-state index in [9.17, 15) is 22.8 Å². The molecular formula is C20H16F3N5O2. The first-order valence-corrected chi connectivity index (χ1v) is 8.93. The summed E-state index contributed by atoms with van der Waals surface area (Å²) in [6, 6.07) is 8.21. The van der Waals surface area contributed by atoms with Crippen molar-refractivity contribution in [1.82, 2.24) is 19.7 Å². The molecule has 1 amide bonds. The van der Waals surface area contributed by atoms with E-state index in [4.69, 9.17) is 0 Å². The van der Waals surface area contributed by atoms with Gasteiger partial charge in [-0.2, -0.15) is 18.3 Å². The van der Waals surface area contributed by atoms with E-state index in [-0.39, 0.29) is 16.8 Å². The second-order valence-electron chi connectivity index (χ2n) is 6.85. The topological polar surface area (TPSA) is 83.9 Å². The van der Waals surface area contributed by atoms with Crippen molar-refractivity contribution in [3.05, 3.63) is 53.1 Å². The van der Waals surface area contributed by atoms with E-state index in [1.165, 1.54) is 30.3 Å². The summed E-state index contributed by atoms with van der Waals surface area (Å²) in [6.07, 6.45) is -1.84. The molecule has 0 bridgehead atoms. The maximum absolute atomic E-state index is 13.2. The largest absolute Gasteiger partial charge is 0.406 e. The minimum atomic E-state index is -4.58. The summed E-state index contributed by atoms with van der Waals surface area (Å²) in [6.45, 7) is -0.0467. The molecule has 0 aliphatic carbocycles. The lowest BCUT2D eigenvalue weighted by Gasteiger charge is -2.19. The lowest BCUT2D eigenvalue weighted by atomic mass is 10.0. The molecule has 0 aliphatic heterocycles. The zero-order valence-electron chi connectivity index (χ0n) is 16.0. The first-order chi connectivity index (χ1) is 14.2. The SMILES string of the molecule is CC(=O)N(C)c1ncccc1-c1ccc2c3[nH]ncc3c(=O)n(CC(F)(F)F)c2c1. The summed E-state index contributed by atoms with van der Waals surface area (Å²) in [5.41, 5.74) is 0.757. The summed E-state index contributed by atoms with van der Waals surface area (Å²) in [4.78, 5) is 30.1. The Hall–Kier alpha value is -3.69. The number of halogens is 3. The van der Waals surface area contributed by atoms with Crippen LogP contribution in [0.3, 0.4) is 0 Å². The number of H-pyrrole nitrogens is 1. The van der Waals surface area contributed by atoms with Crippen LogP contribution in [0.4, 0.5) is 19.0 Å². The smallest absolute Gasteiger partial charge is 0.300 e. The van der Waals surface area contributed by atoms with Gasteiger partial charge in [0.1, 0.15) is 12.4 Å². The molecule has 0 unspecified atom stereocenters. The minimum Gasteiger partial charge on any atom is -0.300 e. The van der Waals surface area contributed by atoms with E-state index in [1.807, 2.05) is 0 Å². The maximum atomic E-state index is 13.2. The number of hydrogen-bond acceptors (Lipinski definition) is 4. The Morgan fingerprint density at radius 1 is 1.23 bits per heavy atom. The molecule has 0 spiro atoms. The van der Waals surface area contributed by atoms with Crippen molar-refractivity contribution in [2.45, 2.75) is 19.6 Å². The highest BCUT2D eigenvalue weighted by molar-refractivity contribution is 6.04. The molecule has 0 saturated carbocycles. The van der Waals surface area contributed by atoms with Crippen molar-refractivity contribution < 1.29 is 18.0 Å². The highest BCUT2D eigenvalue weighted by Gasteiger charge is 2.30. The number of fused-ring (bicyclic) bond motifs is 3. The molecule has 10 heteroatoms. The van der Waals surface area contributed by atoms with Crippen molar-refractivity contribution in [3.8, 4) is 11.1 Å². The average molecular weight is 415 g/mol. The number of nitrogens with zero attached hydrogens (tertiary/aromatic N) is 4. The van der Waals surface area contributed by atoms with Crippen molar-refractivity contribution >= 4 is 33.5 Å². The Morgan fingerprint density at radius 3 is 2.70 bits per heavy atom. The molecule has 3 heterocycles. The summed E-state index contributed by atoms with van der Waals surface area (Å²) in [5, 5.41) is 7.01. The third kappa shape index (κ3) is 3.30. The van der Waals surface area contributed by atoms with Crippen LogP contribution < -0.4 is 10.5 Å². The number of anilines is 1. The van der Waals surface area contributed by atoms with E-state index < -0.39 is 18.3 Å². The molecule has 0 fully saturated rings. The second-order valence-corrected chi connectivity index (χ2v) is 6.85. The third-order valence-electron chi connectivity index (χ3n) is 4.90. The van der Waals surface area contributed by atoms with Gasteiger partial charge in [0.25, 0.3) is 5.56 Å². The zero-order chi connectivity index (χ0) is 21.6. The van der Waals surface area contributed by atoms with Crippen LogP contribution in [0.5, 0.6) is 0 Å². The fourth-order valence-corrected chi connectivity index (χ4v) is 3.42. The Morgan fingerprint density at radius 2 is 2.00 bits per heavy atom. The van der Waals surface area contributed by atoms with E-state index in [1.54, 1.807) is 31.3 Å². The molecule has 0 saturated heterocycles. The lowest BCUT2D eigenvalue weighted by molar-refractivity contribution is -0.140. The number of amides is 1. The van der Waals surface area contributed by atoms with Gasteiger partial charge in [0.05, 0.1) is 22.6 Å². The van der Waals surface area contributed by atoms with E-state index in [0.717, 1.165) is 0 Å². The second kappa shape index (κ2) is 6.97. The molecule has 0 atom stereocenters. The third-order valence-corrected chi connectivity index (χ3v) is 4.90. The number of aromatic amines is 1. The molecular weight excluding hydrogens is 399 g/mol. The molecule has 4 aromatic rings. The number of carbonyl (C=O) groups is 1. The zero-order valence-corrected chi connectivity index (χ0v) is 16.0. The molecule has 0 radical (unpaired) electrons. The standard InChI is InChI=1S/C20H16F3N5O2/c1-11(29)27(2)18-13(4-3-7-24-18)12-5-6-14-16(8-12)28(10-20(21,22)23)19(30)15-9-25-26-17(14)15/h3-9H,10H2,1-2H3,(H,25,26). The van der Waals surface area contributed by atoms with Gasteiger partial charge in [0.15, 0.2) is 0 Å². The highest BCUT2D eigenvalue weighted by atomic mass is 19.4. The molecule has 154 valence electrons. The fraction of sp³-hybridized carbons (Fsp3) is 0.200. The number of pyridine rings is 2. The molecule has 30 heavy (non-hydrogen) atoms. The summed E-state index contributed by atoms with van der Waals surface area (Å²) >= 11 is 0. The van der Waals surface area contributed by atoms with Gasteiger partial charge < -0.3 is 0 Å². The van der Waals surface area contributed by atoms with Crippen LogP contribution in [-0.4, -0.2) is 38.9 Å². The van der Waals surface area contributed by atoms with E-state index in [2.05, 4.69) is 15.2 Å². The van der Waals surface area contributed by atoms with Gasteiger partial charge in [-0.15, -0.1) is 0 Å². The number of rotatable bonds is 3. The summed E-state index contributed by atoms with van der Waals surface area (Å²) in [7, 11) is 1.56. The van der Waals surface area contributed by atoms with Gasteiger partial charge in [0, 0.05) is 31.1 Å². The highest BCUT2D eigenvalue weighted by Crippen LogP contribution is 2.32. The average Bonchev–Trinajstić information content (AvgIpc) is 3.19. The van der Waals surface area contributed by atoms with Crippen LogP contribution in [0, 0.1) is 0 Å². The molecule has 0 aliphatic rings. The number of alkyl halides is 3. The summed E-state index contributed by atoms with van der Waals surface area (Å²) < 4.78 is 40.4. The Balaban J connectivity index is 2.02. The van der Waals surface area contributed by atoms with Crippen LogP contribution in [0.1, 0.15) is 6.92 Å². The van der Waals surface area contributed by atoms with Gasteiger partial charge in [-0.25, -0.2) is 4.98 Å². The summed E-state index contributed by atoms with van der Waals surface area (Å²) in [5.74, 6) is 0.112. The number of nitrogens with one attached hydrogen (secondary N) is 1. The molecule has 1 N–H and O–H groups in total. The minimum absolute atomic E-state index is 0.0814. The van der Waals surface area contributed by atoms with Crippen LogP contribution >= 0.6 is 0 Å². The fourth-order valence-electron chi connectivity index (χ4n) is 3.42. The normalized spacial score (nSPS) is 11.9. The predicted molar refractivity (Wildman–Crippen MR) is 106 cm³/mol. The van der Waals surface area contributed by atoms with Crippen molar-refractivity contribution in [2.24, 2.45) is 0 Å². The first kappa shape index (κ1) is 19.6. The monoisotopic (exact) mass is 415 g/mol. The van der Waals surface area contributed by atoms with Gasteiger partial charge in [0.2, 0.25) is 5.91 Å². The Labute approximate surface area is 167 Å². The maximum Gasteiger partial charge on any atom is 0.406 e. The number of hydrogen-bond donors (Lipinski definition) is 1. The Kier molecular flexibility index (Phi) is 4.56. The number of carbonyl (C=O) groups excluding carboxylic acids is 1. The molecule has 4 rings (SSSR count). The van der Waals surface area contributed by atoms with Crippen LogP contribution in [0.25, 0.3) is 32.9 Å². The van der Waals surface area contributed by atoms with Gasteiger partial charge in [-0.1, -0.05) is 12.1 Å². The van der Waals surface area contributed by atoms with E-state index in [0.29, 0.717) is 32.4 Å². The van der Waals surface area contributed by atoms with Crippen LogP contribution in [0.15, 0.2) is 47.5 Å².